The number of hydrogen-bond donors (Lipinski definition) is 2. The Bertz CT molecular complexity index is 553. The van der Waals surface area contributed by atoms with Gasteiger partial charge >= 0.3 is 0 Å². The molecule has 0 aliphatic rings. The van der Waals surface area contributed by atoms with Crippen LogP contribution in [0.1, 0.15) is 51.7 Å². The van der Waals surface area contributed by atoms with Crippen molar-refractivity contribution in [2.24, 2.45) is 0 Å². The molecule has 0 bridgehead atoms. The van der Waals surface area contributed by atoms with Crippen molar-refractivity contribution < 1.29 is 8.42 Å². The molecule has 0 saturated heterocycles. The summed E-state index contributed by atoms with van der Waals surface area (Å²) in [6, 6.07) is 5.78. The highest BCUT2D eigenvalue weighted by molar-refractivity contribution is 7.89. The van der Waals surface area contributed by atoms with Crippen LogP contribution in [0.15, 0.2) is 23.1 Å². The van der Waals surface area contributed by atoms with Crippen molar-refractivity contribution in [1.29, 1.82) is 0 Å². The first-order valence-corrected chi connectivity index (χ1v) is 9.10. The van der Waals surface area contributed by atoms with Gasteiger partial charge in [-0.25, -0.2) is 13.1 Å². The third-order valence-corrected chi connectivity index (χ3v) is 5.20. The summed E-state index contributed by atoms with van der Waals surface area (Å²) in [4.78, 5) is 0.383. The van der Waals surface area contributed by atoms with Crippen LogP contribution in [-0.2, 0) is 16.6 Å². The van der Waals surface area contributed by atoms with Crippen LogP contribution >= 0.6 is 0 Å². The molecule has 4 nitrogen and oxygen atoms in total. The SMILES string of the molecule is CCCC(C)NS(=O)(=O)c1cccc(CNC(C)C)c1C. The normalized spacial score (nSPS) is 13.6. The van der Waals surface area contributed by atoms with Gasteiger partial charge in [0, 0.05) is 18.6 Å². The van der Waals surface area contributed by atoms with E-state index in [-0.39, 0.29) is 6.04 Å². The summed E-state index contributed by atoms with van der Waals surface area (Å²) in [5.74, 6) is 0. The van der Waals surface area contributed by atoms with Crippen molar-refractivity contribution in [1.82, 2.24) is 10.0 Å². The third kappa shape index (κ3) is 5.41. The van der Waals surface area contributed by atoms with Crippen LogP contribution in [0.5, 0.6) is 0 Å². The predicted octanol–water partition coefficient (Wildman–Crippen LogP) is 2.96. The van der Waals surface area contributed by atoms with Gasteiger partial charge in [0.25, 0.3) is 0 Å². The molecule has 0 saturated carbocycles. The molecule has 1 unspecified atom stereocenters. The van der Waals surface area contributed by atoms with E-state index in [0.29, 0.717) is 17.5 Å². The van der Waals surface area contributed by atoms with Crippen LogP contribution in [0.3, 0.4) is 0 Å². The van der Waals surface area contributed by atoms with Gasteiger partial charge in [0.15, 0.2) is 0 Å². The molecule has 1 aromatic carbocycles. The zero-order valence-corrected chi connectivity index (χ0v) is 14.5. The molecule has 0 fully saturated rings. The smallest absolute Gasteiger partial charge is 0.241 e. The highest BCUT2D eigenvalue weighted by atomic mass is 32.2. The summed E-state index contributed by atoms with van der Waals surface area (Å²) < 4.78 is 27.8. The second-order valence-corrected chi connectivity index (χ2v) is 7.57. The maximum atomic E-state index is 12.5. The Balaban J connectivity index is 2.99. The number of sulfonamides is 1. The van der Waals surface area contributed by atoms with Gasteiger partial charge < -0.3 is 5.32 Å². The largest absolute Gasteiger partial charge is 0.310 e. The van der Waals surface area contributed by atoms with E-state index in [9.17, 15) is 8.42 Å². The molecule has 0 aliphatic heterocycles. The molecular weight excluding hydrogens is 284 g/mol. The topological polar surface area (TPSA) is 58.2 Å². The van der Waals surface area contributed by atoms with Crippen LogP contribution < -0.4 is 10.0 Å². The number of nitrogens with one attached hydrogen (secondary N) is 2. The summed E-state index contributed by atoms with van der Waals surface area (Å²) >= 11 is 0. The van der Waals surface area contributed by atoms with E-state index in [1.54, 1.807) is 6.07 Å². The van der Waals surface area contributed by atoms with Gasteiger partial charge in [-0.2, -0.15) is 0 Å². The summed E-state index contributed by atoms with van der Waals surface area (Å²) in [7, 11) is -3.45. The van der Waals surface area contributed by atoms with Gasteiger partial charge in [0.2, 0.25) is 10.0 Å². The molecule has 1 atom stereocenters. The molecule has 0 aliphatic carbocycles. The van der Waals surface area contributed by atoms with Gasteiger partial charge in [0.05, 0.1) is 4.90 Å². The monoisotopic (exact) mass is 312 g/mol. The predicted molar refractivity (Wildman–Crippen MR) is 87.8 cm³/mol. The van der Waals surface area contributed by atoms with Gasteiger partial charge in [-0.3, -0.25) is 0 Å². The molecule has 2 N–H and O–H groups in total. The van der Waals surface area contributed by atoms with Crippen LogP contribution in [0.2, 0.25) is 0 Å². The molecule has 1 aromatic rings. The molecular formula is C16H28N2O2S. The Hall–Kier alpha value is -0.910. The molecule has 21 heavy (non-hydrogen) atoms. The molecule has 0 aromatic heterocycles. The van der Waals surface area contributed by atoms with E-state index in [0.717, 1.165) is 24.0 Å². The van der Waals surface area contributed by atoms with Crippen LogP contribution in [0.25, 0.3) is 0 Å². The maximum Gasteiger partial charge on any atom is 0.241 e. The molecule has 0 heterocycles. The molecule has 0 amide bonds. The first-order chi connectivity index (χ1) is 9.77. The van der Waals surface area contributed by atoms with E-state index in [2.05, 4.69) is 23.9 Å². The van der Waals surface area contributed by atoms with Crippen molar-refractivity contribution in [3.8, 4) is 0 Å². The van der Waals surface area contributed by atoms with E-state index < -0.39 is 10.0 Å². The molecule has 5 heteroatoms. The fraction of sp³-hybridized carbons (Fsp3) is 0.625. The molecule has 1 rings (SSSR count). The quantitative estimate of drug-likeness (QED) is 0.776. The molecule has 120 valence electrons. The van der Waals surface area contributed by atoms with E-state index >= 15 is 0 Å². The van der Waals surface area contributed by atoms with Crippen molar-refractivity contribution >= 4 is 10.0 Å². The lowest BCUT2D eigenvalue weighted by Gasteiger charge is -2.17. The Morgan fingerprint density at radius 3 is 2.43 bits per heavy atom. The minimum atomic E-state index is -3.45. The summed E-state index contributed by atoms with van der Waals surface area (Å²) in [5, 5.41) is 3.33. The van der Waals surface area contributed by atoms with E-state index in [1.165, 1.54) is 0 Å². The van der Waals surface area contributed by atoms with Gasteiger partial charge in [-0.1, -0.05) is 39.3 Å². The Morgan fingerprint density at radius 2 is 1.86 bits per heavy atom. The second kappa shape index (κ2) is 7.92. The summed E-state index contributed by atoms with van der Waals surface area (Å²) in [6.45, 7) is 10.6. The fourth-order valence-electron chi connectivity index (χ4n) is 2.28. The van der Waals surface area contributed by atoms with E-state index in [4.69, 9.17) is 0 Å². The van der Waals surface area contributed by atoms with Gasteiger partial charge in [-0.15, -0.1) is 0 Å². The number of benzene rings is 1. The van der Waals surface area contributed by atoms with Crippen molar-refractivity contribution in [2.75, 3.05) is 0 Å². The average Bonchev–Trinajstić information content (AvgIpc) is 2.36. The first-order valence-electron chi connectivity index (χ1n) is 7.62. The van der Waals surface area contributed by atoms with Crippen molar-refractivity contribution in [3.05, 3.63) is 29.3 Å². The Kier molecular flexibility index (Phi) is 6.84. The van der Waals surface area contributed by atoms with E-state index in [1.807, 2.05) is 32.9 Å². The molecule has 0 radical (unpaired) electrons. The minimum absolute atomic E-state index is 0.0446. The maximum absolute atomic E-state index is 12.5. The Labute approximate surface area is 129 Å². The van der Waals surface area contributed by atoms with Crippen molar-refractivity contribution in [3.63, 3.8) is 0 Å². The molecule has 0 spiro atoms. The highest BCUT2D eigenvalue weighted by Crippen LogP contribution is 2.19. The number of rotatable bonds is 8. The van der Waals surface area contributed by atoms with Crippen LogP contribution in [-0.4, -0.2) is 20.5 Å². The third-order valence-electron chi connectivity index (χ3n) is 3.46. The standard InChI is InChI=1S/C16H28N2O2S/c1-6-8-13(4)18-21(19,20)16-10-7-9-15(14(16)5)11-17-12(2)3/h7,9-10,12-13,17-18H,6,8,11H2,1-5H3. The van der Waals surface area contributed by atoms with Gasteiger partial charge in [-0.05, 0) is 37.5 Å². The Morgan fingerprint density at radius 1 is 1.19 bits per heavy atom. The zero-order chi connectivity index (χ0) is 16.0. The van der Waals surface area contributed by atoms with Crippen LogP contribution in [0, 0.1) is 6.92 Å². The summed E-state index contributed by atoms with van der Waals surface area (Å²) in [6.07, 6.45) is 1.80. The van der Waals surface area contributed by atoms with Crippen molar-refractivity contribution in [2.45, 2.75) is 71.0 Å². The average molecular weight is 312 g/mol. The minimum Gasteiger partial charge on any atom is -0.310 e. The summed E-state index contributed by atoms with van der Waals surface area (Å²) in [5.41, 5.74) is 1.84. The first kappa shape index (κ1) is 18.1. The fourth-order valence-corrected chi connectivity index (χ4v) is 3.84. The zero-order valence-electron chi connectivity index (χ0n) is 13.7. The van der Waals surface area contributed by atoms with Gasteiger partial charge in [0.1, 0.15) is 0 Å². The highest BCUT2D eigenvalue weighted by Gasteiger charge is 2.20. The number of hydrogen-bond acceptors (Lipinski definition) is 3. The second-order valence-electron chi connectivity index (χ2n) is 5.89. The lowest BCUT2D eigenvalue weighted by molar-refractivity contribution is 0.543. The lowest BCUT2D eigenvalue weighted by Crippen LogP contribution is -2.33. The van der Waals surface area contributed by atoms with Crippen LogP contribution in [0.4, 0.5) is 0 Å². The lowest BCUT2D eigenvalue weighted by atomic mass is 10.1.